The van der Waals surface area contributed by atoms with Crippen LogP contribution in [0.3, 0.4) is 0 Å². The van der Waals surface area contributed by atoms with Gasteiger partial charge in [0.05, 0.1) is 5.69 Å². The number of hydrogen-bond acceptors (Lipinski definition) is 5. The van der Waals surface area contributed by atoms with Crippen molar-refractivity contribution in [1.82, 2.24) is 0 Å². The van der Waals surface area contributed by atoms with Crippen LogP contribution in [0.15, 0.2) is 72.8 Å². The normalized spacial score (nSPS) is 11.7. The summed E-state index contributed by atoms with van der Waals surface area (Å²) in [4.78, 5) is 13.2. The lowest BCUT2D eigenvalue weighted by molar-refractivity contribution is 0.104. The van der Waals surface area contributed by atoms with Crippen LogP contribution in [0, 0.1) is 0 Å². The van der Waals surface area contributed by atoms with Crippen molar-refractivity contribution in [1.29, 1.82) is 0 Å². The molecule has 8 heteroatoms. The van der Waals surface area contributed by atoms with Crippen LogP contribution in [0.25, 0.3) is 21.5 Å². The van der Waals surface area contributed by atoms with Crippen molar-refractivity contribution in [2.75, 3.05) is 4.41 Å². The van der Waals surface area contributed by atoms with Crippen LogP contribution in [-0.4, -0.2) is 23.9 Å². The van der Waals surface area contributed by atoms with Gasteiger partial charge in [0.25, 0.3) is 0 Å². The molecule has 4 aromatic carbocycles. The highest BCUT2D eigenvalue weighted by molar-refractivity contribution is 7.87. The second kappa shape index (κ2) is 6.85. The van der Waals surface area contributed by atoms with Gasteiger partial charge in [-0.15, -0.1) is 0 Å². The van der Waals surface area contributed by atoms with Gasteiger partial charge in [0, 0.05) is 11.1 Å². The van der Waals surface area contributed by atoms with E-state index in [1.165, 1.54) is 24.3 Å². The summed E-state index contributed by atoms with van der Waals surface area (Å²) in [6.45, 7) is 0. The van der Waals surface area contributed by atoms with Crippen LogP contribution in [0.4, 0.5) is 5.69 Å². The van der Waals surface area contributed by atoms with E-state index in [1.54, 1.807) is 24.3 Å². The Morgan fingerprint density at radius 2 is 1.52 bits per heavy atom. The van der Waals surface area contributed by atoms with Gasteiger partial charge in [-0.25, -0.2) is 5.84 Å². The summed E-state index contributed by atoms with van der Waals surface area (Å²) in [5.41, 5.74) is 0.828. The maximum Gasteiger partial charge on any atom is 0.373 e. The number of aromatic hydroxyl groups is 1. The molecule has 0 aromatic heterocycles. The molecule has 0 heterocycles. The van der Waals surface area contributed by atoms with E-state index in [9.17, 15) is 18.3 Å². The topological polar surface area (TPSA) is 121 Å². The zero-order valence-corrected chi connectivity index (χ0v) is 15.8. The molecule has 0 bridgehead atoms. The van der Waals surface area contributed by atoms with Gasteiger partial charge in [0.2, 0.25) is 0 Å². The van der Waals surface area contributed by atoms with E-state index in [-0.39, 0.29) is 21.6 Å². The van der Waals surface area contributed by atoms with Crippen LogP contribution in [0.2, 0.25) is 0 Å². The van der Waals surface area contributed by atoms with Gasteiger partial charge in [-0.3, -0.25) is 9.35 Å². The van der Waals surface area contributed by atoms with E-state index in [0.29, 0.717) is 11.1 Å². The Labute approximate surface area is 166 Å². The van der Waals surface area contributed by atoms with Crippen LogP contribution in [0.1, 0.15) is 15.9 Å². The number of rotatable bonds is 4. The third-order valence-electron chi connectivity index (χ3n) is 4.72. The third-order valence-corrected chi connectivity index (χ3v) is 5.43. The zero-order valence-electron chi connectivity index (χ0n) is 15.0. The molecule has 0 unspecified atom stereocenters. The standard InChI is InChI=1S/C21H16N2O5S/c22-23(29(26,27)28)15-8-5-13(6-9-15)21(25)20-11-14-7-10-16(24)12-19(14)17-3-1-2-4-18(17)20/h1-12,24H,22H2,(H,26,27,28). The van der Waals surface area contributed by atoms with E-state index in [4.69, 9.17) is 10.4 Å². The molecule has 0 aliphatic rings. The van der Waals surface area contributed by atoms with E-state index in [2.05, 4.69) is 0 Å². The van der Waals surface area contributed by atoms with Crippen molar-refractivity contribution in [3.63, 3.8) is 0 Å². The summed E-state index contributed by atoms with van der Waals surface area (Å²) in [6.07, 6.45) is 0. The lowest BCUT2D eigenvalue weighted by Gasteiger charge is -2.14. The van der Waals surface area contributed by atoms with Crippen molar-refractivity contribution in [2.45, 2.75) is 0 Å². The molecule has 0 amide bonds. The zero-order chi connectivity index (χ0) is 20.8. The number of hydrazine groups is 1. The first kappa shape index (κ1) is 18.9. The third kappa shape index (κ3) is 3.40. The molecule has 0 radical (unpaired) electrons. The predicted octanol–water partition coefficient (Wildman–Crippen LogP) is 3.41. The maximum absolute atomic E-state index is 13.2. The first-order valence-corrected chi connectivity index (χ1v) is 9.97. The molecule has 4 rings (SSSR count). The van der Waals surface area contributed by atoms with E-state index in [0.717, 1.165) is 21.5 Å². The molecule has 0 saturated carbocycles. The molecule has 0 atom stereocenters. The Hall–Kier alpha value is -3.46. The van der Waals surface area contributed by atoms with Crippen molar-refractivity contribution in [3.8, 4) is 5.75 Å². The molecule has 0 aliphatic heterocycles. The van der Waals surface area contributed by atoms with Gasteiger partial charge in [0.1, 0.15) is 5.75 Å². The maximum atomic E-state index is 13.2. The molecule has 4 N–H and O–H groups in total. The van der Waals surface area contributed by atoms with Crippen LogP contribution >= 0.6 is 0 Å². The smallest absolute Gasteiger partial charge is 0.373 e. The number of phenolic OH excluding ortho intramolecular Hbond substituents is 1. The molecule has 4 aromatic rings. The van der Waals surface area contributed by atoms with Gasteiger partial charge < -0.3 is 5.11 Å². The lowest BCUT2D eigenvalue weighted by atomic mass is 9.92. The number of phenols is 1. The Kier molecular flexibility index (Phi) is 4.46. The molecule has 0 aliphatic carbocycles. The predicted molar refractivity (Wildman–Crippen MR) is 111 cm³/mol. The largest absolute Gasteiger partial charge is 0.508 e. The summed E-state index contributed by atoms with van der Waals surface area (Å²) in [5, 5.41) is 13.0. The Morgan fingerprint density at radius 3 is 2.17 bits per heavy atom. The second-order valence-electron chi connectivity index (χ2n) is 6.52. The Morgan fingerprint density at radius 1 is 0.862 bits per heavy atom. The highest BCUT2D eigenvalue weighted by atomic mass is 32.2. The minimum atomic E-state index is -4.59. The fourth-order valence-corrected chi connectivity index (χ4v) is 3.71. The van der Waals surface area contributed by atoms with Crippen molar-refractivity contribution in [2.24, 2.45) is 5.84 Å². The average Bonchev–Trinajstić information content (AvgIpc) is 2.71. The fraction of sp³-hybridized carbons (Fsp3) is 0. The van der Waals surface area contributed by atoms with Crippen molar-refractivity contribution < 1.29 is 22.9 Å². The quantitative estimate of drug-likeness (QED) is 0.156. The van der Waals surface area contributed by atoms with Crippen molar-refractivity contribution >= 4 is 43.3 Å². The van der Waals surface area contributed by atoms with E-state index >= 15 is 0 Å². The minimum absolute atomic E-state index is 0.0166. The first-order chi connectivity index (χ1) is 13.8. The molecular weight excluding hydrogens is 392 g/mol. The van der Waals surface area contributed by atoms with Crippen LogP contribution in [0.5, 0.6) is 5.75 Å². The second-order valence-corrected chi connectivity index (χ2v) is 7.81. The van der Waals surface area contributed by atoms with Crippen LogP contribution < -0.4 is 10.3 Å². The number of nitrogens with zero attached hydrogens (tertiary/aromatic N) is 1. The number of carbonyl (C=O) groups excluding carboxylic acids is 1. The van der Waals surface area contributed by atoms with E-state index < -0.39 is 10.3 Å². The van der Waals surface area contributed by atoms with E-state index in [1.807, 2.05) is 24.3 Å². The summed E-state index contributed by atoms with van der Waals surface area (Å²) < 4.78 is 31.5. The molecule has 0 spiro atoms. The van der Waals surface area contributed by atoms with Gasteiger partial charge >= 0.3 is 10.3 Å². The summed E-state index contributed by atoms with van der Waals surface area (Å²) >= 11 is 0. The van der Waals surface area contributed by atoms with Gasteiger partial charge in [-0.2, -0.15) is 12.8 Å². The monoisotopic (exact) mass is 408 g/mol. The van der Waals surface area contributed by atoms with Gasteiger partial charge in [-0.1, -0.05) is 30.3 Å². The number of carbonyl (C=O) groups is 1. The van der Waals surface area contributed by atoms with Gasteiger partial charge in [-0.05, 0) is 64.0 Å². The van der Waals surface area contributed by atoms with Crippen LogP contribution in [-0.2, 0) is 10.3 Å². The number of anilines is 1. The molecule has 0 saturated heterocycles. The number of hydrogen-bond donors (Lipinski definition) is 3. The molecule has 29 heavy (non-hydrogen) atoms. The number of nitrogens with two attached hydrogens (primary N) is 1. The highest BCUT2D eigenvalue weighted by Gasteiger charge is 2.18. The first-order valence-electron chi connectivity index (χ1n) is 8.57. The average molecular weight is 408 g/mol. The van der Waals surface area contributed by atoms with Crippen molar-refractivity contribution in [3.05, 3.63) is 83.9 Å². The SMILES string of the molecule is NN(c1ccc(C(=O)c2cc3ccc(O)cc3c3ccccc23)cc1)S(=O)(=O)O. The lowest BCUT2D eigenvalue weighted by Crippen LogP contribution is -2.36. The number of ketones is 1. The number of fused-ring (bicyclic) bond motifs is 3. The molecular formula is C21H16N2O5S. The Balaban J connectivity index is 1.84. The summed E-state index contributed by atoms with van der Waals surface area (Å²) in [7, 11) is -4.59. The molecule has 0 fully saturated rings. The molecule has 7 nitrogen and oxygen atoms in total. The molecule has 146 valence electrons. The highest BCUT2D eigenvalue weighted by Crippen LogP contribution is 2.32. The summed E-state index contributed by atoms with van der Waals surface area (Å²) in [5.74, 6) is 5.24. The number of benzene rings is 4. The Bertz CT molecular complexity index is 1370. The minimum Gasteiger partial charge on any atom is -0.508 e. The van der Waals surface area contributed by atoms with Gasteiger partial charge in [0.15, 0.2) is 5.78 Å². The fourth-order valence-electron chi connectivity index (χ4n) is 3.33. The summed E-state index contributed by atoms with van der Waals surface area (Å²) in [6, 6.07) is 19.7.